The number of nitrogens with zero attached hydrogens (tertiary/aromatic N) is 3. The molecule has 2 rings (SSSR count). The molecule has 2 aromatic carbocycles. The lowest BCUT2D eigenvalue weighted by Crippen LogP contribution is -2.31. The molecule has 11 heteroatoms. The second kappa shape index (κ2) is 9.49. The van der Waals surface area contributed by atoms with Crippen molar-refractivity contribution in [2.75, 3.05) is 39.1 Å². The Kier molecular flexibility index (Phi) is 7.53. The van der Waals surface area contributed by atoms with Gasteiger partial charge in [0.1, 0.15) is 11.5 Å². The summed E-state index contributed by atoms with van der Waals surface area (Å²) in [5, 5.41) is 11.7. The van der Waals surface area contributed by atoms with Crippen LogP contribution < -0.4 is 9.62 Å². The lowest BCUT2D eigenvalue weighted by Gasteiger charge is -2.21. The van der Waals surface area contributed by atoms with Crippen LogP contribution in [0.4, 0.5) is 15.8 Å². The maximum atomic E-state index is 14.0. The van der Waals surface area contributed by atoms with E-state index in [1.165, 1.54) is 42.3 Å². The first-order valence-corrected chi connectivity index (χ1v) is 10.5. The molecule has 2 aromatic rings. The summed E-state index contributed by atoms with van der Waals surface area (Å²) in [4.78, 5) is 13.9. The van der Waals surface area contributed by atoms with E-state index in [0.29, 0.717) is 6.54 Å². The van der Waals surface area contributed by atoms with Gasteiger partial charge in [-0.25, -0.2) is 17.5 Å². The minimum Gasteiger partial charge on any atom is -0.365 e. The molecule has 1 N–H and O–H groups in total. The maximum absolute atomic E-state index is 14.0. The molecular formula is C18H22ClFN4O4S. The molecule has 0 unspecified atom stereocenters. The second-order valence-electron chi connectivity index (χ2n) is 6.66. The van der Waals surface area contributed by atoms with Crippen molar-refractivity contribution in [3.8, 4) is 0 Å². The topological polar surface area (TPSA) is 95.8 Å². The first-order chi connectivity index (χ1) is 13.5. The van der Waals surface area contributed by atoms with Gasteiger partial charge in [0.05, 0.1) is 9.82 Å². The molecule has 0 saturated carbocycles. The fourth-order valence-corrected chi connectivity index (χ4v) is 3.90. The Bertz CT molecular complexity index is 981. The van der Waals surface area contributed by atoms with Crippen LogP contribution in [0.5, 0.6) is 0 Å². The number of rotatable bonds is 9. The lowest BCUT2D eigenvalue weighted by atomic mass is 10.1. The van der Waals surface area contributed by atoms with Gasteiger partial charge in [-0.1, -0.05) is 17.7 Å². The van der Waals surface area contributed by atoms with E-state index in [9.17, 15) is 22.9 Å². The number of likely N-dealkylation sites (N-methyl/N-ethyl adjacent to an activating group) is 1. The number of nitro groups is 1. The summed E-state index contributed by atoms with van der Waals surface area (Å²) in [6.07, 6.45) is 0. The van der Waals surface area contributed by atoms with E-state index in [1.54, 1.807) is 19.0 Å². The Hall–Kier alpha value is -2.27. The van der Waals surface area contributed by atoms with Gasteiger partial charge in [0.2, 0.25) is 10.0 Å². The number of sulfonamides is 1. The van der Waals surface area contributed by atoms with Crippen LogP contribution in [0.3, 0.4) is 0 Å². The second-order valence-corrected chi connectivity index (χ2v) is 8.84. The number of halogens is 2. The van der Waals surface area contributed by atoms with Crippen LogP contribution in [0.1, 0.15) is 5.56 Å². The molecule has 0 saturated heterocycles. The third kappa shape index (κ3) is 5.86. The van der Waals surface area contributed by atoms with Crippen molar-refractivity contribution in [1.82, 2.24) is 9.62 Å². The maximum Gasteiger partial charge on any atom is 0.293 e. The van der Waals surface area contributed by atoms with Crippen LogP contribution in [0.15, 0.2) is 41.3 Å². The molecule has 0 aliphatic heterocycles. The molecule has 29 heavy (non-hydrogen) atoms. The van der Waals surface area contributed by atoms with Crippen molar-refractivity contribution >= 4 is 33.0 Å². The predicted octanol–water partition coefficient (Wildman–Crippen LogP) is 2.86. The molecule has 0 amide bonds. The summed E-state index contributed by atoms with van der Waals surface area (Å²) in [7, 11) is 1.22. The molecule has 8 nitrogen and oxygen atoms in total. The highest BCUT2D eigenvalue weighted by molar-refractivity contribution is 7.89. The summed E-state index contributed by atoms with van der Waals surface area (Å²) in [5.41, 5.74) is -0.0787. The summed E-state index contributed by atoms with van der Waals surface area (Å²) in [6, 6.07) is 7.84. The van der Waals surface area contributed by atoms with Crippen molar-refractivity contribution in [2.24, 2.45) is 0 Å². The fourth-order valence-electron chi connectivity index (χ4n) is 2.63. The normalized spacial score (nSPS) is 11.7. The SMILES string of the molecule is CN(C)CCNS(=O)(=O)c1ccc(N(C)Cc2c(F)cccc2Cl)c([N+](=O)[O-])c1. The van der Waals surface area contributed by atoms with Gasteiger partial charge in [0.15, 0.2) is 0 Å². The molecule has 0 aliphatic rings. The summed E-state index contributed by atoms with van der Waals surface area (Å²) in [6.45, 7) is 0.613. The monoisotopic (exact) mass is 444 g/mol. The molecule has 158 valence electrons. The molecule has 0 radical (unpaired) electrons. The van der Waals surface area contributed by atoms with Crippen molar-refractivity contribution in [2.45, 2.75) is 11.4 Å². The van der Waals surface area contributed by atoms with Crippen molar-refractivity contribution < 1.29 is 17.7 Å². The quantitative estimate of drug-likeness (QED) is 0.472. The van der Waals surface area contributed by atoms with E-state index in [0.717, 1.165) is 6.07 Å². The minimum absolute atomic E-state index is 0.0282. The number of nitro benzene ring substituents is 1. The zero-order valence-electron chi connectivity index (χ0n) is 16.2. The van der Waals surface area contributed by atoms with Crippen LogP contribution >= 0.6 is 11.6 Å². The number of benzene rings is 2. The van der Waals surface area contributed by atoms with E-state index >= 15 is 0 Å². The standard InChI is InChI=1S/C18H22ClFN4O4S/c1-22(2)10-9-21-29(27,28)13-7-8-17(18(11-13)24(25)26)23(3)12-14-15(19)5-4-6-16(14)20/h4-8,11,21H,9-10,12H2,1-3H3. The Morgan fingerprint density at radius 3 is 2.48 bits per heavy atom. The largest absolute Gasteiger partial charge is 0.365 e. The van der Waals surface area contributed by atoms with E-state index in [1.807, 2.05) is 0 Å². The third-order valence-corrected chi connectivity index (χ3v) is 5.99. The van der Waals surface area contributed by atoms with Gasteiger partial charge in [-0.15, -0.1) is 0 Å². The Labute approximate surface area is 174 Å². The number of anilines is 1. The minimum atomic E-state index is -3.91. The number of nitrogens with one attached hydrogen (secondary N) is 1. The fraction of sp³-hybridized carbons (Fsp3) is 0.333. The first kappa shape index (κ1) is 23.0. The smallest absolute Gasteiger partial charge is 0.293 e. The van der Waals surface area contributed by atoms with E-state index in [-0.39, 0.29) is 34.3 Å². The van der Waals surface area contributed by atoms with Gasteiger partial charge in [0, 0.05) is 43.3 Å². The van der Waals surface area contributed by atoms with Gasteiger partial charge in [-0.05, 0) is 38.4 Å². The van der Waals surface area contributed by atoms with Crippen LogP contribution in [-0.4, -0.2) is 52.5 Å². The van der Waals surface area contributed by atoms with Crippen LogP contribution in [0.2, 0.25) is 5.02 Å². The highest BCUT2D eigenvalue weighted by Gasteiger charge is 2.24. The highest BCUT2D eigenvalue weighted by atomic mass is 35.5. The molecule has 0 atom stereocenters. The van der Waals surface area contributed by atoms with Crippen molar-refractivity contribution in [3.63, 3.8) is 0 Å². The lowest BCUT2D eigenvalue weighted by molar-refractivity contribution is -0.384. The van der Waals surface area contributed by atoms with Gasteiger partial charge >= 0.3 is 0 Å². The average molecular weight is 445 g/mol. The van der Waals surface area contributed by atoms with Crippen LogP contribution in [0, 0.1) is 15.9 Å². The van der Waals surface area contributed by atoms with Crippen LogP contribution in [-0.2, 0) is 16.6 Å². The van der Waals surface area contributed by atoms with Gasteiger partial charge in [-0.2, -0.15) is 0 Å². The van der Waals surface area contributed by atoms with Gasteiger partial charge in [0.25, 0.3) is 5.69 Å². The average Bonchev–Trinajstić information content (AvgIpc) is 2.63. The number of hydrogen-bond acceptors (Lipinski definition) is 6. The van der Waals surface area contributed by atoms with Crippen LogP contribution in [0.25, 0.3) is 0 Å². The summed E-state index contributed by atoms with van der Waals surface area (Å²) >= 11 is 6.03. The Morgan fingerprint density at radius 1 is 1.21 bits per heavy atom. The van der Waals surface area contributed by atoms with Gasteiger partial charge < -0.3 is 9.80 Å². The predicted molar refractivity (Wildman–Crippen MR) is 110 cm³/mol. The molecule has 0 bridgehead atoms. The molecule has 0 heterocycles. The molecule has 0 aliphatic carbocycles. The zero-order chi connectivity index (χ0) is 21.8. The summed E-state index contributed by atoms with van der Waals surface area (Å²) < 4.78 is 41.3. The Morgan fingerprint density at radius 2 is 1.90 bits per heavy atom. The van der Waals surface area contributed by atoms with E-state index in [4.69, 9.17) is 11.6 Å². The first-order valence-electron chi connectivity index (χ1n) is 8.60. The van der Waals surface area contributed by atoms with E-state index in [2.05, 4.69) is 4.72 Å². The molecular weight excluding hydrogens is 423 g/mol. The highest BCUT2D eigenvalue weighted by Crippen LogP contribution is 2.32. The molecule has 0 aromatic heterocycles. The van der Waals surface area contributed by atoms with Crippen molar-refractivity contribution in [3.05, 3.63) is 62.9 Å². The zero-order valence-corrected chi connectivity index (χ0v) is 17.8. The van der Waals surface area contributed by atoms with Gasteiger partial charge in [-0.3, -0.25) is 10.1 Å². The van der Waals surface area contributed by atoms with Crippen molar-refractivity contribution in [1.29, 1.82) is 0 Å². The molecule has 0 spiro atoms. The Balaban J connectivity index is 2.33. The number of hydrogen-bond donors (Lipinski definition) is 1. The molecule has 0 fully saturated rings. The van der Waals surface area contributed by atoms with E-state index < -0.39 is 26.5 Å². The third-order valence-electron chi connectivity index (χ3n) is 4.17. The summed E-state index contributed by atoms with van der Waals surface area (Å²) in [5.74, 6) is -0.531.